The van der Waals surface area contributed by atoms with Gasteiger partial charge in [0, 0.05) is 37.2 Å². The number of pyridine rings is 1. The number of ether oxygens (including phenoxy) is 1. The van der Waals surface area contributed by atoms with Crippen LogP contribution in [0.3, 0.4) is 0 Å². The van der Waals surface area contributed by atoms with Gasteiger partial charge in [-0.3, -0.25) is 0 Å². The lowest BCUT2D eigenvalue weighted by molar-refractivity contribution is 0.122. The maximum Gasteiger partial charge on any atom is 0.230 e. The Morgan fingerprint density at radius 1 is 0.848 bits per heavy atom. The molecular weight excluding hydrogens is 414 g/mol. The van der Waals surface area contributed by atoms with Crippen LogP contribution in [0.1, 0.15) is 5.56 Å². The number of benzene rings is 2. The minimum absolute atomic E-state index is 0.483. The molecule has 0 radical (unpaired) electrons. The van der Waals surface area contributed by atoms with E-state index in [1.54, 1.807) is 6.20 Å². The van der Waals surface area contributed by atoms with E-state index in [2.05, 4.69) is 59.7 Å². The summed E-state index contributed by atoms with van der Waals surface area (Å²) in [4.78, 5) is 20.1. The van der Waals surface area contributed by atoms with Crippen molar-refractivity contribution in [2.24, 2.45) is 0 Å². The fraction of sp³-hybridized carbons (Fsp3) is 0.200. The van der Waals surface area contributed by atoms with Crippen LogP contribution in [0.4, 0.5) is 23.1 Å². The first kappa shape index (κ1) is 20.8. The van der Waals surface area contributed by atoms with Crippen LogP contribution in [0.25, 0.3) is 11.4 Å². The zero-order valence-electron chi connectivity index (χ0n) is 18.2. The van der Waals surface area contributed by atoms with E-state index in [1.165, 1.54) is 17.6 Å². The second-order valence-electron chi connectivity index (χ2n) is 7.64. The van der Waals surface area contributed by atoms with E-state index in [0.29, 0.717) is 18.3 Å². The van der Waals surface area contributed by atoms with Crippen molar-refractivity contribution < 1.29 is 4.74 Å². The molecule has 0 spiro atoms. The molecule has 1 fully saturated rings. The van der Waals surface area contributed by atoms with Gasteiger partial charge in [0.25, 0.3) is 0 Å². The third-order valence-electron chi connectivity index (χ3n) is 5.42. The number of hydrogen-bond donors (Lipinski definition) is 2. The lowest BCUT2D eigenvalue weighted by atomic mass is 10.2. The Kier molecular flexibility index (Phi) is 6.35. The maximum absolute atomic E-state index is 5.43. The first-order valence-electron chi connectivity index (χ1n) is 11.0. The number of aromatic nitrogens is 4. The van der Waals surface area contributed by atoms with Crippen molar-refractivity contribution in [3.8, 4) is 11.4 Å². The van der Waals surface area contributed by atoms with Crippen molar-refractivity contribution in [2.75, 3.05) is 41.8 Å². The SMILES string of the molecule is c1ccc(CNc2ncccc2-c2ncnc(Nc3ccc(N4CCOCC4)cc3)n2)cc1. The van der Waals surface area contributed by atoms with Crippen LogP contribution in [0.2, 0.25) is 0 Å². The normalized spacial score (nSPS) is 13.5. The van der Waals surface area contributed by atoms with Gasteiger partial charge in [-0.2, -0.15) is 4.98 Å². The molecule has 0 atom stereocenters. The van der Waals surface area contributed by atoms with Crippen LogP contribution in [-0.4, -0.2) is 46.2 Å². The Hall–Kier alpha value is -4.04. The van der Waals surface area contributed by atoms with E-state index in [9.17, 15) is 0 Å². The molecule has 0 aliphatic carbocycles. The smallest absolute Gasteiger partial charge is 0.230 e. The second-order valence-corrected chi connectivity index (χ2v) is 7.64. The Morgan fingerprint density at radius 3 is 2.48 bits per heavy atom. The minimum atomic E-state index is 0.483. The van der Waals surface area contributed by atoms with Gasteiger partial charge in [0.15, 0.2) is 5.82 Å². The third-order valence-corrected chi connectivity index (χ3v) is 5.42. The number of nitrogens with one attached hydrogen (secondary N) is 2. The van der Waals surface area contributed by atoms with Crippen LogP contribution < -0.4 is 15.5 Å². The molecule has 1 saturated heterocycles. The summed E-state index contributed by atoms with van der Waals surface area (Å²) in [6, 6.07) is 22.3. The van der Waals surface area contributed by atoms with E-state index >= 15 is 0 Å². The van der Waals surface area contributed by atoms with Gasteiger partial charge in [-0.25, -0.2) is 15.0 Å². The lowest BCUT2D eigenvalue weighted by Gasteiger charge is -2.28. The molecule has 4 aromatic rings. The molecule has 0 saturated carbocycles. The average molecular weight is 440 g/mol. The fourth-order valence-corrected chi connectivity index (χ4v) is 3.70. The molecule has 3 heterocycles. The number of rotatable bonds is 7. The highest BCUT2D eigenvalue weighted by Crippen LogP contribution is 2.25. The molecule has 0 unspecified atom stereocenters. The predicted octanol–water partition coefficient (Wildman–Crippen LogP) is 4.13. The summed E-state index contributed by atoms with van der Waals surface area (Å²) in [7, 11) is 0. The average Bonchev–Trinajstić information content (AvgIpc) is 2.89. The van der Waals surface area contributed by atoms with Crippen molar-refractivity contribution in [2.45, 2.75) is 6.54 Å². The molecule has 8 heteroatoms. The summed E-state index contributed by atoms with van der Waals surface area (Å²) in [5, 5.41) is 6.66. The minimum Gasteiger partial charge on any atom is -0.378 e. The van der Waals surface area contributed by atoms with E-state index in [0.717, 1.165) is 43.4 Å². The molecule has 5 rings (SSSR count). The van der Waals surface area contributed by atoms with Crippen molar-refractivity contribution in [1.29, 1.82) is 0 Å². The van der Waals surface area contributed by atoms with Gasteiger partial charge in [-0.05, 0) is 42.0 Å². The molecule has 8 nitrogen and oxygen atoms in total. The van der Waals surface area contributed by atoms with Crippen LogP contribution in [0, 0.1) is 0 Å². The molecular formula is C25H25N7O. The summed E-state index contributed by atoms with van der Waals surface area (Å²) >= 11 is 0. The summed E-state index contributed by atoms with van der Waals surface area (Å²) in [5.74, 6) is 1.77. The van der Waals surface area contributed by atoms with Gasteiger partial charge in [0.05, 0.1) is 18.8 Å². The fourth-order valence-electron chi connectivity index (χ4n) is 3.70. The van der Waals surface area contributed by atoms with E-state index in [-0.39, 0.29) is 0 Å². The number of nitrogens with zero attached hydrogens (tertiary/aromatic N) is 5. The van der Waals surface area contributed by atoms with Gasteiger partial charge in [0.1, 0.15) is 12.1 Å². The van der Waals surface area contributed by atoms with E-state index in [4.69, 9.17) is 4.74 Å². The number of morpholine rings is 1. The lowest BCUT2D eigenvalue weighted by Crippen LogP contribution is -2.36. The third kappa shape index (κ3) is 5.24. The molecule has 166 valence electrons. The van der Waals surface area contributed by atoms with Crippen molar-refractivity contribution in [1.82, 2.24) is 19.9 Å². The number of anilines is 4. The summed E-state index contributed by atoms with van der Waals surface area (Å²) in [5.41, 5.74) is 4.09. The van der Waals surface area contributed by atoms with Gasteiger partial charge in [-0.15, -0.1) is 0 Å². The Morgan fingerprint density at radius 2 is 1.67 bits per heavy atom. The standard InChI is InChI=1S/C25H25N7O/c1-2-5-19(6-3-1)17-27-23-22(7-4-12-26-23)24-28-18-29-25(31-24)30-20-8-10-21(11-9-20)32-13-15-33-16-14-32/h1-12,18H,13-17H2,(H,26,27)(H,28,29,30,31). The van der Waals surface area contributed by atoms with Gasteiger partial charge in [-0.1, -0.05) is 30.3 Å². The first-order valence-corrected chi connectivity index (χ1v) is 11.0. The van der Waals surface area contributed by atoms with Crippen LogP contribution >= 0.6 is 0 Å². The molecule has 1 aliphatic rings. The topological polar surface area (TPSA) is 88.1 Å². The highest BCUT2D eigenvalue weighted by Gasteiger charge is 2.12. The van der Waals surface area contributed by atoms with Gasteiger partial charge < -0.3 is 20.3 Å². The van der Waals surface area contributed by atoms with Crippen molar-refractivity contribution >= 4 is 23.1 Å². The highest BCUT2D eigenvalue weighted by molar-refractivity contribution is 5.70. The zero-order chi connectivity index (χ0) is 22.3. The van der Waals surface area contributed by atoms with Crippen molar-refractivity contribution in [3.63, 3.8) is 0 Å². The molecule has 1 aliphatic heterocycles. The predicted molar refractivity (Wildman–Crippen MR) is 130 cm³/mol. The Labute approximate surface area is 192 Å². The molecule has 2 aromatic heterocycles. The second kappa shape index (κ2) is 10.1. The quantitative estimate of drug-likeness (QED) is 0.445. The molecule has 33 heavy (non-hydrogen) atoms. The largest absolute Gasteiger partial charge is 0.378 e. The first-order chi connectivity index (χ1) is 16.3. The van der Waals surface area contributed by atoms with E-state index in [1.807, 2.05) is 42.5 Å². The Balaban J connectivity index is 1.30. The summed E-state index contributed by atoms with van der Waals surface area (Å²) in [6.45, 7) is 4.02. The van der Waals surface area contributed by atoms with E-state index < -0.39 is 0 Å². The maximum atomic E-state index is 5.43. The van der Waals surface area contributed by atoms with Gasteiger partial charge >= 0.3 is 0 Å². The molecule has 2 N–H and O–H groups in total. The number of hydrogen-bond acceptors (Lipinski definition) is 8. The monoisotopic (exact) mass is 439 g/mol. The summed E-state index contributed by atoms with van der Waals surface area (Å²) in [6.07, 6.45) is 3.27. The summed E-state index contributed by atoms with van der Waals surface area (Å²) < 4.78 is 5.43. The Bertz CT molecular complexity index is 1180. The van der Waals surface area contributed by atoms with Gasteiger partial charge in [0.2, 0.25) is 5.95 Å². The molecule has 2 aromatic carbocycles. The molecule has 0 bridgehead atoms. The van der Waals surface area contributed by atoms with Crippen LogP contribution in [-0.2, 0) is 11.3 Å². The van der Waals surface area contributed by atoms with Crippen molar-refractivity contribution in [3.05, 3.63) is 84.8 Å². The van der Waals surface area contributed by atoms with Crippen LogP contribution in [0.15, 0.2) is 79.3 Å². The zero-order valence-corrected chi connectivity index (χ0v) is 18.2. The highest BCUT2D eigenvalue weighted by atomic mass is 16.5. The van der Waals surface area contributed by atoms with Crippen LogP contribution in [0.5, 0.6) is 0 Å². The molecule has 0 amide bonds.